The second kappa shape index (κ2) is 8.67. The highest BCUT2D eigenvalue weighted by molar-refractivity contribution is 7.13. The van der Waals surface area contributed by atoms with E-state index in [-0.39, 0.29) is 29.0 Å². The number of halogens is 2. The molecule has 6 rings (SSSR count). The minimum absolute atomic E-state index is 0.0402. The van der Waals surface area contributed by atoms with E-state index in [0.717, 1.165) is 50.7 Å². The molecule has 10 heteroatoms. The minimum Gasteiger partial charge on any atom is -0.486 e. The van der Waals surface area contributed by atoms with Gasteiger partial charge in [0.2, 0.25) is 5.95 Å². The first-order valence-corrected chi connectivity index (χ1v) is 13.0. The third-order valence-electron chi connectivity index (χ3n) is 7.33. The fourth-order valence-electron chi connectivity index (χ4n) is 5.54. The van der Waals surface area contributed by atoms with Gasteiger partial charge in [-0.15, -0.1) is 11.3 Å². The van der Waals surface area contributed by atoms with Crippen LogP contribution in [0.3, 0.4) is 0 Å². The Morgan fingerprint density at radius 3 is 2.80 bits per heavy atom. The molecule has 2 aromatic heterocycles. The number of aromatic nitrogens is 3. The quantitative estimate of drug-likeness (QED) is 0.510. The molecule has 184 valence electrons. The predicted molar refractivity (Wildman–Crippen MR) is 133 cm³/mol. The van der Waals surface area contributed by atoms with Crippen LogP contribution in [0.4, 0.5) is 25.5 Å². The zero-order chi connectivity index (χ0) is 24.2. The summed E-state index contributed by atoms with van der Waals surface area (Å²) in [6.45, 7) is 6.73. The molecule has 3 aromatic rings. The second-order valence-corrected chi connectivity index (χ2v) is 11.0. The molecule has 35 heavy (non-hydrogen) atoms. The fraction of sp³-hybridized carbons (Fsp3) is 0.480. The lowest BCUT2D eigenvalue weighted by Crippen LogP contribution is -2.48. The summed E-state index contributed by atoms with van der Waals surface area (Å²) in [6, 6.07) is 3.25. The van der Waals surface area contributed by atoms with Crippen LogP contribution in [0.2, 0.25) is 0 Å². The van der Waals surface area contributed by atoms with Gasteiger partial charge in [0.05, 0.1) is 23.6 Å². The molecule has 1 unspecified atom stereocenters. The van der Waals surface area contributed by atoms with Crippen molar-refractivity contribution in [3.63, 3.8) is 0 Å². The van der Waals surface area contributed by atoms with Gasteiger partial charge in [-0.1, -0.05) is 0 Å². The lowest BCUT2D eigenvalue weighted by atomic mass is 9.96. The number of benzene rings is 1. The summed E-state index contributed by atoms with van der Waals surface area (Å²) in [5.74, 6) is -0.245. The Hall–Kier alpha value is -2.85. The van der Waals surface area contributed by atoms with E-state index >= 15 is 4.39 Å². The summed E-state index contributed by atoms with van der Waals surface area (Å²) in [5.41, 5.74) is 1.96. The van der Waals surface area contributed by atoms with Crippen molar-refractivity contribution in [2.75, 3.05) is 29.9 Å². The van der Waals surface area contributed by atoms with Crippen molar-refractivity contribution in [3.8, 4) is 17.0 Å². The van der Waals surface area contributed by atoms with Gasteiger partial charge in [0.15, 0.2) is 22.5 Å². The summed E-state index contributed by atoms with van der Waals surface area (Å²) >= 11 is 1.48. The van der Waals surface area contributed by atoms with Crippen LogP contribution in [-0.4, -0.2) is 46.2 Å². The Morgan fingerprint density at radius 1 is 1.14 bits per heavy atom. The summed E-state index contributed by atoms with van der Waals surface area (Å²) in [4.78, 5) is 15.4. The smallest absolute Gasteiger partial charge is 0.229 e. The third-order valence-corrected chi connectivity index (χ3v) is 8.10. The molecule has 3 aliphatic rings. The van der Waals surface area contributed by atoms with Crippen LogP contribution in [0, 0.1) is 11.6 Å². The van der Waals surface area contributed by atoms with E-state index in [0.29, 0.717) is 28.9 Å². The van der Waals surface area contributed by atoms with Gasteiger partial charge < -0.3 is 20.3 Å². The average Bonchev–Trinajstić information content (AvgIpc) is 3.45. The van der Waals surface area contributed by atoms with E-state index < -0.39 is 11.6 Å². The largest absolute Gasteiger partial charge is 0.486 e. The predicted octanol–water partition coefficient (Wildman–Crippen LogP) is 5.23. The Morgan fingerprint density at radius 2 is 1.97 bits per heavy atom. The molecule has 1 atom stereocenters. The Balaban J connectivity index is 1.31. The van der Waals surface area contributed by atoms with E-state index in [1.165, 1.54) is 17.4 Å². The monoisotopic (exact) mass is 498 g/mol. The molecular formula is C25H28F2N6OS. The van der Waals surface area contributed by atoms with Gasteiger partial charge in [-0.2, -0.15) is 0 Å². The lowest BCUT2D eigenvalue weighted by Gasteiger charge is -2.42. The maximum atomic E-state index is 15.1. The van der Waals surface area contributed by atoms with E-state index in [2.05, 4.69) is 44.7 Å². The van der Waals surface area contributed by atoms with Crippen LogP contribution >= 0.6 is 11.3 Å². The summed E-state index contributed by atoms with van der Waals surface area (Å²) in [6.07, 6.45) is 5.19. The molecule has 1 aromatic carbocycles. The van der Waals surface area contributed by atoms with E-state index in [9.17, 15) is 4.39 Å². The summed E-state index contributed by atoms with van der Waals surface area (Å²) < 4.78 is 35.8. The van der Waals surface area contributed by atoms with Crippen LogP contribution in [0.25, 0.3) is 11.3 Å². The Bertz CT molecular complexity index is 1260. The van der Waals surface area contributed by atoms with Crippen molar-refractivity contribution in [1.82, 2.24) is 20.3 Å². The molecule has 0 spiro atoms. The van der Waals surface area contributed by atoms with Crippen LogP contribution in [0.5, 0.6) is 5.75 Å². The highest BCUT2D eigenvalue weighted by Crippen LogP contribution is 2.47. The number of anilines is 3. The summed E-state index contributed by atoms with van der Waals surface area (Å²) in [7, 11) is 0. The highest BCUT2D eigenvalue weighted by Gasteiger charge is 2.44. The zero-order valence-corrected chi connectivity index (χ0v) is 20.6. The standard InChI is InChI=1S/C25H28F2N6OS/c1-25(2)6-3-16-12-34-22-17(26)9-15(10-20(22)33(16)25)21-18(27)11-29-23(31-21)32-24-30-19(13-35-24)14-4-7-28-8-5-14/h9-11,13-14,16,28H,3-8,12H2,1-2H3,(H,29,30,31,32). The van der Waals surface area contributed by atoms with Crippen LogP contribution < -0.4 is 20.3 Å². The van der Waals surface area contributed by atoms with Gasteiger partial charge in [0.1, 0.15) is 12.3 Å². The number of ether oxygens (including phenoxy) is 1. The van der Waals surface area contributed by atoms with Gasteiger partial charge in [0, 0.05) is 22.4 Å². The SMILES string of the molecule is CC1(C)CCC2COc3c(F)cc(-c4nc(Nc5nc(C6CCNCC6)cs5)ncc4F)cc3N21. The average molecular weight is 499 g/mol. The first-order chi connectivity index (χ1) is 16.9. The minimum atomic E-state index is -0.613. The van der Waals surface area contributed by atoms with E-state index in [4.69, 9.17) is 9.72 Å². The van der Waals surface area contributed by atoms with Gasteiger partial charge in [-0.25, -0.2) is 23.7 Å². The van der Waals surface area contributed by atoms with Crippen molar-refractivity contribution < 1.29 is 13.5 Å². The molecule has 5 heterocycles. The Kier molecular flexibility index (Phi) is 5.60. The van der Waals surface area contributed by atoms with Crippen LogP contribution in [-0.2, 0) is 0 Å². The maximum absolute atomic E-state index is 15.1. The normalized spacial score (nSPS) is 21.4. The third kappa shape index (κ3) is 4.12. The molecule has 0 bridgehead atoms. The first-order valence-electron chi connectivity index (χ1n) is 12.1. The van der Waals surface area contributed by atoms with Crippen LogP contribution in [0.1, 0.15) is 51.1 Å². The van der Waals surface area contributed by atoms with Crippen molar-refractivity contribution in [2.45, 2.75) is 57.0 Å². The Labute approximate surface area is 207 Å². The molecule has 0 amide bonds. The molecule has 2 fully saturated rings. The molecule has 0 aliphatic carbocycles. The van der Waals surface area contributed by atoms with Gasteiger partial charge in [0.25, 0.3) is 0 Å². The molecule has 2 N–H and O–H groups in total. The van der Waals surface area contributed by atoms with Crippen molar-refractivity contribution in [1.29, 1.82) is 0 Å². The zero-order valence-electron chi connectivity index (χ0n) is 19.8. The number of piperidine rings is 1. The molecule has 3 aliphatic heterocycles. The summed E-state index contributed by atoms with van der Waals surface area (Å²) in [5, 5.41) is 9.17. The second-order valence-electron chi connectivity index (χ2n) is 10.1. The number of fused-ring (bicyclic) bond motifs is 3. The number of nitrogens with one attached hydrogen (secondary N) is 2. The number of hydrogen-bond donors (Lipinski definition) is 2. The fourth-order valence-corrected chi connectivity index (χ4v) is 6.32. The lowest BCUT2D eigenvalue weighted by molar-refractivity contribution is 0.252. The molecular weight excluding hydrogens is 470 g/mol. The van der Waals surface area contributed by atoms with Crippen molar-refractivity contribution in [2.24, 2.45) is 0 Å². The van der Waals surface area contributed by atoms with Crippen LogP contribution in [0.15, 0.2) is 23.7 Å². The number of thiazole rings is 1. The molecule has 2 saturated heterocycles. The van der Waals surface area contributed by atoms with E-state index in [1.54, 1.807) is 6.07 Å². The van der Waals surface area contributed by atoms with Gasteiger partial charge >= 0.3 is 0 Å². The molecule has 0 radical (unpaired) electrons. The van der Waals surface area contributed by atoms with E-state index in [1.807, 2.05) is 0 Å². The highest BCUT2D eigenvalue weighted by atomic mass is 32.1. The first kappa shape index (κ1) is 22.6. The number of hydrogen-bond acceptors (Lipinski definition) is 8. The number of rotatable bonds is 4. The molecule has 0 saturated carbocycles. The molecule has 7 nitrogen and oxygen atoms in total. The number of nitrogens with zero attached hydrogens (tertiary/aromatic N) is 4. The maximum Gasteiger partial charge on any atom is 0.229 e. The van der Waals surface area contributed by atoms with Crippen molar-refractivity contribution in [3.05, 3.63) is 41.0 Å². The van der Waals surface area contributed by atoms with Crippen molar-refractivity contribution >= 4 is 28.1 Å². The topological polar surface area (TPSA) is 75.2 Å². The van der Waals surface area contributed by atoms with Gasteiger partial charge in [-0.05, 0) is 64.8 Å². The van der Waals surface area contributed by atoms with Gasteiger partial charge in [-0.3, -0.25) is 0 Å².